The fraction of sp³-hybridized carbons (Fsp3) is 0.0625. The number of halogens is 1. The third kappa shape index (κ3) is 3.55. The molecule has 0 N–H and O–H groups in total. The quantitative estimate of drug-likeness (QED) is 0.621. The topological polar surface area (TPSA) is 26.3 Å². The molecular formula is C16H13BrO2. The lowest BCUT2D eigenvalue weighted by Gasteiger charge is -2.02. The molecule has 0 bridgehead atoms. The fourth-order valence-electron chi connectivity index (χ4n) is 1.66. The van der Waals surface area contributed by atoms with E-state index in [1.807, 2.05) is 48.5 Å². The maximum atomic E-state index is 11.3. The van der Waals surface area contributed by atoms with Crippen molar-refractivity contribution in [2.45, 2.75) is 0 Å². The van der Waals surface area contributed by atoms with Crippen LogP contribution in [-0.2, 0) is 4.74 Å². The molecular weight excluding hydrogens is 304 g/mol. The average molecular weight is 317 g/mol. The number of ether oxygens (including phenoxy) is 1. The van der Waals surface area contributed by atoms with Crippen molar-refractivity contribution in [1.82, 2.24) is 0 Å². The average Bonchev–Trinajstić information content (AvgIpc) is 2.48. The van der Waals surface area contributed by atoms with E-state index in [2.05, 4.69) is 20.7 Å². The maximum absolute atomic E-state index is 11.3. The van der Waals surface area contributed by atoms with E-state index >= 15 is 0 Å². The van der Waals surface area contributed by atoms with Crippen LogP contribution in [0.4, 0.5) is 0 Å². The molecule has 0 aliphatic carbocycles. The summed E-state index contributed by atoms with van der Waals surface area (Å²) in [5.41, 5.74) is 2.68. The molecule has 0 aliphatic rings. The van der Waals surface area contributed by atoms with Gasteiger partial charge in [0.05, 0.1) is 12.7 Å². The van der Waals surface area contributed by atoms with Gasteiger partial charge in [0.15, 0.2) is 0 Å². The Morgan fingerprint density at radius 3 is 2.21 bits per heavy atom. The van der Waals surface area contributed by atoms with Gasteiger partial charge in [0.25, 0.3) is 0 Å². The first-order chi connectivity index (χ1) is 9.20. The van der Waals surface area contributed by atoms with Gasteiger partial charge in [0, 0.05) is 4.48 Å². The molecule has 0 saturated carbocycles. The summed E-state index contributed by atoms with van der Waals surface area (Å²) in [6, 6.07) is 17.3. The summed E-state index contributed by atoms with van der Waals surface area (Å²) in [5, 5.41) is 0. The minimum absolute atomic E-state index is 0.322. The Morgan fingerprint density at radius 1 is 1.00 bits per heavy atom. The van der Waals surface area contributed by atoms with E-state index in [9.17, 15) is 4.79 Å². The minimum Gasteiger partial charge on any atom is -0.465 e. The molecule has 2 aromatic rings. The summed E-state index contributed by atoms with van der Waals surface area (Å²) < 4.78 is 5.66. The van der Waals surface area contributed by atoms with Crippen molar-refractivity contribution in [2.24, 2.45) is 0 Å². The van der Waals surface area contributed by atoms with E-state index in [-0.39, 0.29) is 5.97 Å². The van der Waals surface area contributed by atoms with Crippen molar-refractivity contribution in [3.63, 3.8) is 0 Å². The summed E-state index contributed by atoms with van der Waals surface area (Å²) in [4.78, 5) is 11.3. The molecule has 3 heteroatoms. The molecule has 19 heavy (non-hydrogen) atoms. The maximum Gasteiger partial charge on any atom is 0.337 e. The Kier molecular flexibility index (Phi) is 4.53. The normalized spacial score (nSPS) is 11.2. The van der Waals surface area contributed by atoms with E-state index in [0.717, 1.165) is 15.6 Å². The highest BCUT2D eigenvalue weighted by atomic mass is 79.9. The van der Waals surface area contributed by atoms with Crippen LogP contribution < -0.4 is 0 Å². The number of benzene rings is 2. The van der Waals surface area contributed by atoms with E-state index in [1.165, 1.54) is 7.11 Å². The molecule has 0 spiro atoms. The van der Waals surface area contributed by atoms with E-state index < -0.39 is 0 Å². The van der Waals surface area contributed by atoms with Crippen LogP contribution in [0.2, 0.25) is 0 Å². The Balaban J connectivity index is 2.22. The van der Waals surface area contributed by atoms with Crippen molar-refractivity contribution in [2.75, 3.05) is 7.11 Å². The highest BCUT2D eigenvalue weighted by Crippen LogP contribution is 2.23. The lowest BCUT2D eigenvalue weighted by atomic mass is 10.1. The number of hydrogen-bond donors (Lipinski definition) is 0. The molecule has 2 nitrogen and oxygen atoms in total. The van der Waals surface area contributed by atoms with Gasteiger partial charge in [-0.15, -0.1) is 0 Å². The molecule has 2 rings (SSSR count). The van der Waals surface area contributed by atoms with Crippen molar-refractivity contribution in [1.29, 1.82) is 0 Å². The molecule has 0 radical (unpaired) electrons. The second-order valence-electron chi connectivity index (χ2n) is 3.97. The van der Waals surface area contributed by atoms with E-state index in [4.69, 9.17) is 0 Å². The number of rotatable bonds is 3. The molecule has 0 atom stereocenters. The first-order valence-corrected chi connectivity index (χ1v) is 6.61. The third-order valence-electron chi connectivity index (χ3n) is 2.67. The van der Waals surface area contributed by atoms with Gasteiger partial charge in [-0.05, 0) is 29.3 Å². The first kappa shape index (κ1) is 13.6. The Morgan fingerprint density at radius 2 is 1.63 bits per heavy atom. The second kappa shape index (κ2) is 6.34. The van der Waals surface area contributed by atoms with Crippen molar-refractivity contribution in [3.8, 4) is 0 Å². The molecule has 0 aliphatic heterocycles. The van der Waals surface area contributed by atoms with Gasteiger partial charge in [-0.25, -0.2) is 4.79 Å². The fourth-order valence-corrected chi connectivity index (χ4v) is 2.19. The van der Waals surface area contributed by atoms with Gasteiger partial charge in [-0.3, -0.25) is 0 Å². The van der Waals surface area contributed by atoms with Crippen molar-refractivity contribution < 1.29 is 9.53 Å². The zero-order chi connectivity index (χ0) is 13.7. The SMILES string of the molecule is COC(=O)c1ccc(/C=C(\Br)c2ccccc2)cc1. The number of hydrogen-bond acceptors (Lipinski definition) is 2. The van der Waals surface area contributed by atoms with E-state index in [1.54, 1.807) is 12.1 Å². The van der Waals surface area contributed by atoms with Crippen LogP contribution in [0, 0.1) is 0 Å². The van der Waals surface area contributed by atoms with Gasteiger partial charge < -0.3 is 4.74 Å². The lowest BCUT2D eigenvalue weighted by molar-refractivity contribution is 0.0601. The second-order valence-corrected chi connectivity index (χ2v) is 4.83. The zero-order valence-electron chi connectivity index (χ0n) is 10.5. The molecule has 0 saturated heterocycles. The largest absolute Gasteiger partial charge is 0.465 e. The first-order valence-electron chi connectivity index (χ1n) is 5.81. The van der Waals surface area contributed by atoms with Crippen LogP contribution in [0.5, 0.6) is 0 Å². The lowest BCUT2D eigenvalue weighted by Crippen LogP contribution is -2.00. The number of esters is 1. The third-order valence-corrected chi connectivity index (χ3v) is 3.36. The van der Waals surface area contributed by atoms with Crippen molar-refractivity contribution in [3.05, 3.63) is 71.3 Å². The standard InChI is InChI=1S/C16H13BrO2/c1-19-16(18)14-9-7-12(8-10-14)11-15(17)13-5-3-2-4-6-13/h2-11H,1H3/b15-11-. The van der Waals surface area contributed by atoms with Gasteiger partial charge >= 0.3 is 5.97 Å². The molecule has 2 aromatic carbocycles. The molecule has 0 fully saturated rings. The van der Waals surface area contributed by atoms with Crippen LogP contribution in [0.15, 0.2) is 54.6 Å². The van der Waals surface area contributed by atoms with E-state index in [0.29, 0.717) is 5.56 Å². The molecule has 0 heterocycles. The molecule has 0 aromatic heterocycles. The number of methoxy groups -OCH3 is 1. The predicted octanol–water partition coefficient (Wildman–Crippen LogP) is 4.37. The number of carbonyl (C=O) groups is 1. The van der Waals surface area contributed by atoms with Crippen LogP contribution in [0.3, 0.4) is 0 Å². The predicted molar refractivity (Wildman–Crippen MR) is 81.0 cm³/mol. The summed E-state index contributed by atoms with van der Waals surface area (Å²) in [5.74, 6) is -0.322. The van der Waals surface area contributed by atoms with Crippen LogP contribution in [0.25, 0.3) is 10.6 Å². The van der Waals surface area contributed by atoms with Crippen LogP contribution in [-0.4, -0.2) is 13.1 Å². The van der Waals surface area contributed by atoms with Gasteiger partial charge in [-0.2, -0.15) is 0 Å². The van der Waals surface area contributed by atoms with Crippen LogP contribution >= 0.6 is 15.9 Å². The molecule has 96 valence electrons. The summed E-state index contributed by atoms with van der Waals surface area (Å²) in [6.45, 7) is 0. The van der Waals surface area contributed by atoms with Crippen LogP contribution in [0.1, 0.15) is 21.5 Å². The Labute approximate surface area is 120 Å². The highest BCUT2D eigenvalue weighted by Gasteiger charge is 2.04. The summed E-state index contributed by atoms with van der Waals surface area (Å²) in [7, 11) is 1.38. The zero-order valence-corrected chi connectivity index (χ0v) is 12.1. The summed E-state index contributed by atoms with van der Waals surface area (Å²) in [6.07, 6.45) is 2.01. The van der Waals surface area contributed by atoms with Gasteiger partial charge in [0.2, 0.25) is 0 Å². The summed E-state index contributed by atoms with van der Waals surface area (Å²) >= 11 is 3.55. The Hall–Kier alpha value is -1.87. The monoisotopic (exact) mass is 316 g/mol. The molecule has 0 unspecified atom stereocenters. The highest BCUT2D eigenvalue weighted by molar-refractivity contribution is 9.15. The van der Waals surface area contributed by atoms with Gasteiger partial charge in [-0.1, -0.05) is 58.4 Å². The Bertz CT molecular complexity index is 586. The van der Waals surface area contributed by atoms with Crippen molar-refractivity contribution >= 4 is 32.5 Å². The van der Waals surface area contributed by atoms with Gasteiger partial charge in [0.1, 0.15) is 0 Å². The molecule has 0 amide bonds. The number of carbonyl (C=O) groups excluding carboxylic acids is 1. The smallest absolute Gasteiger partial charge is 0.337 e. The minimum atomic E-state index is -0.322.